The van der Waals surface area contributed by atoms with Crippen molar-refractivity contribution in [3.8, 4) is 5.75 Å². The molecule has 2 aromatic rings. The number of piperazine rings is 1. The summed E-state index contributed by atoms with van der Waals surface area (Å²) in [6, 6.07) is 17.4. The van der Waals surface area contributed by atoms with Gasteiger partial charge in [0.1, 0.15) is 5.75 Å². The highest BCUT2D eigenvalue weighted by molar-refractivity contribution is 5.94. The number of benzene rings is 2. The molecule has 3 atom stereocenters. The van der Waals surface area contributed by atoms with E-state index in [-0.39, 0.29) is 11.9 Å². The number of carbonyl (C=O) groups excluding carboxylic acids is 1. The molecule has 1 fully saturated rings. The summed E-state index contributed by atoms with van der Waals surface area (Å²) in [4.78, 5) is 19.8. The van der Waals surface area contributed by atoms with Crippen molar-refractivity contribution < 1.29 is 9.53 Å². The van der Waals surface area contributed by atoms with E-state index in [4.69, 9.17) is 4.74 Å². The fourth-order valence-corrected chi connectivity index (χ4v) is 4.89. The summed E-state index contributed by atoms with van der Waals surface area (Å²) < 4.78 is 5.54. The van der Waals surface area contributed by atoms with E-state index in [1.54, 1.807) is 7.11 Å². The SMILES string of the molecule is C=CCN1CC(C)N([C@H](c2ccc(C(=O)N(CC)CC)cc2)c2cccc(OC)c2)CC1C. The maximum atomic E-state index is 12.8. The molecule has 1 amide bonds. The molecule has 0 radical (unpaired) electrons. The van der Waals surface area contributed by atoms with Crippen LogP contribution in [0.5, 0.6) is 5.75 Å². The van der Waals surface area contributed by atoms with Crippen molar-refractivity contribution in [3.05, 3.63) is 77.9 Å². The minimum atomic E-state index is 0.0843. The Morgan fingerprint density at radius 2 is 1.79 bits per heavy atom. The third kappa shape index (κ3) is 5.66. The van der Waals surface area contributed by atoms with Gasteiger partial charge in [0.15, 0.2) is 0 Å². The zero-order valence-corrected chi connectivity index (χ0v) is 20.8. The predicted octanol–water partition coefficient (Wildman–Crippen LogP) is 4.85. The smallest absolute Gasteiger partial charge is 0.253 e. The van der Waals surface area contributed by atoms with Crippen molar-refractivity contribution >= 4 is 5.91 Å². The molecule has 0 spiro atoms. The molecule has 1 aliphatic heterocycles. The minimum Gasteiger partial charge on any atom is -0.497 e. The fraction of sp³-hybridized carbons (Fsp3) is 0.464. The van der Waals surface area contributed by atoms with Gasteiger partial charge < -0.3 is 9.64 Å². The minimum absolute atomic E-state index is 0.0843. The average Bonchev–Trinajstić information content (AvgIpc) is 2.83. The Morgan fingerprint density at radius 3 is 2.39 bits per heavy atom. The van der Waals surface area contributed by atoms with Gasteiger partial charge >= 0.3 is 0 Å². The van der Waals surface area contributed by atoms with Crippen LogP contribution in [0.15, 0.2) is 61.2 Å². The van der Waals surface area contributed by atoms with Crippen molar-refractivity contribution in [2.75, 3.05) is 39.8 Å². The van der Waals surface area contributed by atoms with Crippen LogP contribution in [-0.2, 0) is 0 Å². The van der Waals surface area contributed by atoms with Gasteiger partial charge in [-0.2, -0.15) is 0 Å². The second kappa shape index (κ2) is 11.5. The van der Waals surface area contributed by atoms with Gasteiger partial charge in [-0.25, -0.2) is 0 Å². The lowest BCUT2D eigenvalue weighted by molar-refractivity contribution is 0.0306. The van der Waals surface area contributed by atoms with Crippen LogP contribution in [0, 0.1) is 0 Å². The number of nitrogens with zero attached hydrogens (tertiary/aromatic N) is 3. The maximum absolute atomic E-state index is 12.8. The molecule has 0 saturated carbocycles. The first kappa shape index (κ1) is 25.0. The van der Waals surface area contributed by atoms with Crippen LogP contribution in [0.3, 0.4) is 0 Å². The summed E-state index contributed by atoms with van der Waals surface area (Å²) in [7, 11) is 1.71. The van der Waals surface area contributed by atoms with Gasteiger partial charge in [0.05, 0.1) is 13.2 Å². The molecule has 0 bridgehead atoms. The summed E-state index contributed by atoms with van der Waals surface area (Å²) in [6.45, 7) is 16.8. The Bertz CT molecular complexity index is 923. The number of ether oxygens (including phenoxy) is 1. The highest BCUT2D eigenvalue weighted by atomic mass is 16.5. The summed E-state index contributed by atoms with van der Waals surface area (Å²) in [5.41, 5.74) is 3.13. The molecule has 0 aliphatic carbocycles. The Kier molecular flexibility index (Phi) is 8.70. The van der Waals surface area contributed by atoms with E-state index in [0.717, 1.165) is 30.9 Å². The van der Waals surface area contributed by atoms with Crippen molar-refractivity contribution in [1.82, 2.24) is 14.7 Å². The molecule has 1 aliphatic rings. The zero-order chi connectivity index (χ0) is 24.0. The topological polar surface area (TPSA) is 36.0 Å². The van der Waals surface area contributed by atoms with Gasteiger partial charge in [-0.15, -0.1) is 6.58 Å². The Balaban J connectivity index is 1.98. The standard InChI is InChI=1S/C28H39N3O2/c1-7-17-30-19-22(5)31(20-21(30)4)27(25-11-10-12-26(18-25)33-6)23-13-15-24(16-14-23)28(32)29(8-2)9-3/h7,10-16,18,21-22,27H,1,8-9,17,19-20H2,2-6H3/t21?,22?,27-/m1/s1. The number of rotatable bonds is 9. The molecule has 0 aromatic heterocycles. The van der Waals surface area contributed by atoms with Gasteiger partial charge in [0.25, 0.3) is 5.91 Å². The second-order valence-electron chi connectivity index (χ2n) is 8.92. The molecule has 178 valence electrons. The van der Waals surface area contributed by atoms with Crippen molar-refractivity contribution in [3.63, 3.8) is 0 Å². The summed E-state index contributed by atoms with van der Waals surface area (Å²) in [5.74, 6) is 0.946. The van der Waals surface area contributed by atoms with Gasteiger partial charge in [-0.3, -0.25) is 14.6 Å². The van der Waals surface area contributed by atoms with Gasteiger partial charge in [0, 0.05) is 50.4 Å². The van der Waals surface area contributed by atoms with Crippen LogP contribution >= 0.6 is 0 Å². The third-order valence-corrected chi connectivity index (χ3v) is 6.79. The van der Waals surface area contributed by atoms with Crippen LogP contribution in [0.1, 0.15) is 55.2 Å². The zero-order valence-electron chi connectivity index (χ0n) is 20.8. The largest absolute Gasteiger partial charge is 0.497 e. The van der Waals surface area contributed by atoms with E-state index >= 15 is 0 Å². The van der Waals surface area contributed by atoms with Crippen molar-refractivity contribution in [2.45, 2.75) is 45.8 Å². The Labute approximate surface area is 199 Å². The van der Waals surface area contributed by atoms with Crippen molar-refractivity contribution in [2.24, 2.45) is 0 Å². The van der Waals surface area contributed by atoms with Crippen molar-refractivity contribution in [1.29, 1.82) is 0 Å². The molecular formula is C28H39N3O2. The lowest BCUT2D eigenvalue weighted by Gasteiger charge is -2.47. The monoisotopic (exact) mass is 449 g/mol. The molecule has 0 N–H and O–H groups in total. The maximum Gasteiger partial charge on any atom is 0.253 e. The van der Waals surface area contributed by atoms with Crippen LogP contribution in [0.2, 0.25) is 0 Å². The predicted molar refractivity (Wildman–Crippen MR) is 136 cm³/mol. The number of carbonyl (C=O) groups is 1. The number of methoxy groups -OCH3 is 1. The van der Waals surface area contributed by atoms with Gasteiger partial charge in [-0.05, 0) is 63.1 Å². The molecule has 1 saturated heterocycles. The normalized spacial score (nSPS) is 20.3. The fourth-order valence-electron chi connectivity index (χ4n) is 4.89. The molecule has 5 heteroatoms. The van der Waals surface area contributed by atoms with E-state index in [1.807, 2.05) is 43.0 Å². The lowest BCUT2D eigenvalue weighted by atomic mass is 9.92. The van der Waals surface area contributed by atoms with E-state index in [1.165, 1.54) is 11.1 Å². The first-order valence-electron chi connectivity index (χ1n) is 12.1. The first-order valence-corrected chi connectivity index (χ1v) is 12.1. The van der Waals surface area contributed by atoms with E-state index in [9.17, 15) is 4.79 Å². The Hall–Kier alpha value is -2.63. The second-order valence-corrected chi connectivity index (χ2v) is 8.92. The quantitative estimate of drug-likeness (QED) is 0.513. The lowest BCUT2D eigenvalue weighted by Crippen LogP contribution is -2.57. The molecule has 1 heterocycles. The first-order chi connectivity index (χ1) is 15.9. The molecular weight excluding hydrogens is 410 g/mol. The summed E-state index contributed by atoms with van der Waals surface area (Å²) in [6.07, 6.45) is 1.99. The summed E-state index contributed by atoms with van der Waals surface area (Å²) in [5, 5.41) is 0. The van der Waals surface area contributed by atoms with Crippen LogP contribution < -0.4 is 4.74 Å². The average molecular weight is 450 g/mol. The van der Waals surface area contributed by atoms with E-state index < -0.39 is 0 Å². The van der Waals surface area contributed by atoms with E-state index in [0.29, 0.717) is 25.2 Å². The number of hydrogen-bond acceptors (Lipinski definition) is 4. The molecule has 2 unspecified atom stereocenters. The highest BCUT2D eigenvalue weighted by Gasteiger charge is 2.34. The summed E-state index contributed by atoms with van der Waals surface area (Å²) >= 11 is 0. The van der Waals surface area contributed by atoms with Gasteiger partial charge in [0.2, 0.25) is 0 Å². The third-order valence-electron chi connectivity index (χ3n) is 6.79. The number of hydrogen-bond donors (Lipinski definition) is 0. The number of amides is 1. The van der Waals surface area contributed by atoms with Crippen LogP contribution in [0.25, 0.3) is 0 Å². The van der Waals surface area contributed by atoms with E-state index in [2.05, 4.69) is 60.6 Å². The molecule has 5 nitrogen and oxygen atoms in total. The highest BCUT2D eigenvalue weighted by Crippen LogP contribution is 2.34. The molecule has 3 rings (SSSR count). The molecule has 2 aromatic carbocycles. The Morgan fingerprint density at radius 1 is 1.09 bits per heavy atom. The van der Waals surface area contributed by atoms with Crippen LogP contribution in [0.4, 0.5) is 0 Å². The molecule has 33 heavy (non-hydrogen) atoms. The van der Waals surface area contributed by atoms with Crippen LogP contribution in [-0.4, -0.2) is 72.5 Å². The van der Waals surface area contributed by atoms with Gasteiger partial charge in [-0.1, -0.05) is 30.3 Å².